The quantitative estimate of drug-likeness (QED) is 0.279. The first kappa shape index (κ1) is 16.3. The van der Waals surface area contributed by atoms with Gasteiger partial charge in [0.1, 0.15) is 0 Å². The Balaban J connectivity index is -0.0000000800. The molecule has 0 aromatic heterocycles. The molecule has 4 N–H and O–H groups in total. The Labute approximate surface area is 90.4 Å². The van der Waals surface area contributed by atoms with Crippen molar-refractivity contribution in [3.63, 3.8) is 0 Å². The molecule has 0 aromatic carbocycles. The second-order valence-corrected chi connectivity index (χ2v) is 2.47. The van der Waals surface area contributed by atoms with E-state index in [1.165, 1.54) is 0 Å². The molecule has 0 aliphatic carbocycles. The fraction of sp³-hybridized carbons (Fsp3) is 0. The average molecular weight is 164 g/mol. The van der Waals surface area contributed by atoms with E-state index < -0.39 is 18.1 Å². The molecule has 0 rings (SSSR count). The van der Waals surface area contributed by atoms with Gasteiger partial charge in [-0.3, -0.25) is 0 Å². The van der Waals surface area contributed by atoms with Crippen LogP contribution in [-0.2, 0) is 18.1 Å². The third-order valence-corrected chi connectivity index (χ3v) is 0. The van der Waals surface area contributed by atoms with Crippen LogP contribution in [0.5, 0.6) is 0 Å². The summed E-state index contributed by atoms with van der Waals surface area (Å²) in [5.41, 5.74) is 0. The monoisotopic (exact) mass is 164 g/mol. The Morgan fingerprint density at radius 3 is 0.714 bits per heavy atom. The van der Waals surface area contributed by atoms with E-state index in [2.05, 4.69) is 0 Å². The molecule has 0 saturated heterocycles. The topological polar surface area (TPSA) is 80.9 Å². The molecule has 0 radical (unpaired) electrons. The molecule has 0 fully saturated rings. The predicted molar refractivity (Wildman–Crippen MR) is 23.2 cm³/mol. The van der Waals surface area contributed by atoms with Crippen LogP contribution in [0.15, 0.2) is 0 Å². The van der Waals surface area contributed by atoms with Crippen molar-refractivity contribution in [3.8, 4) is 0 Å². The number of hydrogen-bond donors (Lipinski definition) is 4. The summed E-state index contributed by atoms with van der Waals surface area (Å²) in [6.07, 6.45) is 0. The van der Waals surface area contributed by atoms with Gasteiger partial charge in [-0.2, -0.15) is 0 Å². The van der Waals surface area contributed by atoms with Crippen molar-refractivity contribution in [1.29, 1.82) is 0 Å². The van der Waals surface area contributed by atoms with Gasteiger partial charge in [0.2, 0.25) is 0 Å². The molecular weight excluding hydrogens is 158 g/mol. The molecule has 0 aliphatic heterocycles. The fourth-order valence-electron chi connectivity index (χ4n) is 0. The van der Waals surface area contributed by atoms with Gasteiger partial charge in [-0.1, -0.05) is 0 Å². The molecule has 0 saturated carbocycles. The maximum atomic E-state index is 7.38. The van der Waals surface area contributed by atoms with Crippen LogP contribution in [0.2, 0.25) is 0 Å². The molecule has 4 nitrogen and oxygen atoms in total. The van der Waals surface area contributed by atoms with Gasteiger partial charge in [0.25, 0.3) is 0 Å². The minimum absolute atomic E-state index is 0. The van der Waals surface area contributed by atoms with Gasteiger partial charge in [-0.05, 0) is 0 Å². The van der Waals surface area contributed by atoms with Crippen molar-refractivity contribution >= 4 is 59.1 Å². The average Bonchev–Trinajstić information content (AvgIpc) is 0.722. The van der Waals surface area contributed by atoms with E-state index in [0.717, 1.165) is 0 Å². The molecular formula is H6Na2O4Ti. The van der Waals surface area contributed by atoms with E-state index in [4.69, 9.17) is 14.8 Å². The zero-order chi connectivity index (χ0) is 4.50. The molecule has 7 heteroatoms. The van der Waals surface area contributed by atoms with Crippen LogP contribution >= 0.6 is 0 Å². The zero-order valence-corrected chi connectivity index (χ0v) is 3.85. The Morgan fingerprint density at radius 2 is 0.714 bits per heavy atom. The van der Waals surface area contributed by atoms with Crippen LogP contribution < -0.4 is 0 Å². The second-order valence-electron chi connectivity index (χ2n) is 0.600. The van der Waals surface area contributed by atoms with Crippen molar-refractivity contribution in [2.45, 2.75) is 0 Å². The zero-order valence-electron chi connectivity index (χ0n) is 2.29. The molecule has 0 spiro atoms. The molecule has 0 aliphatic rings. The fourth-order valence-corrected chi connectivity index (χ4v) is 0. The van der Waals surface area contributed by atoms with Gasteiger partial charge in [0, 0.05) is 0 Å². The van der Waals surface area contributed by atoms with Gasteiger partial charge in [0.15, 0.2) is 0 Å². The molecule has 0 aromatic rings. The van der Waals surface area contributed by atoms with Crippen LogP contribution in [0.4, 0.5) is 0 Å². The third-order valence-electron chi connectivity index (χ3n) is 0. The molecule has 0 atom stereocenters. The van der Waals surface area contributed by atoms with E-state index in [1.807, 2.05) is 0 Å². The summed E-state index contributed by atoms with van der Waals surface area (Å²) in [5, 5.41) is 0. The summed E-state index contributed by atoms with van der Waals surface area (Å²) in [4.78, 5) is 0. The first-order valence-electron chi connectivity index (χ1n) is 0.894. The Hall–Kier alpha value is 2.55. The van der Waals surface area contributed by atoms with Gasteiger partial charge in [-0.15, -0.1) is 0 Å². The van der Waals surface area contributed by atoms with Crippen LogP contribution in [0.1, 0.15) is 0 Å². The number of rotatable bonds is 0. The van der Waals surface area contributed by atoms with E-state index in [9.17, 15) is 0 Å². The molecule has 7 heavy (non-hydrogen) atoms. The SMILES string of the molecule is [NaH].[NaH].[OH][Ti]([OH])([OH])[OH]. The Bertz CT molecular complexity index is 25.2. The van der Waals surface area contributed by atoms with Crippen molar-refractivity contribution in [2.75, 3.05) is 0 Å². The van der Waals surface area contributed by atoms with Crippen molar-refractivity contribution < 1.29 is 32.9 Å². The van der Waals surface area contributed by atoms with Crippen LogP contribution in [0, 0.1) is 0 Å². The third kappa shape index (κ3) is 56.3. The second kappa shape index (κ2) is 6.67. The van der Waals surface area contributed by atoms with Crippen molar-refractivity contribution in [2.24, 2.45) is 0 Å². The van der Waals surface area contributed by atoms with Gasteiger partial charge >= 0.3 is 92.0 Å². The minimum atomic E-state index is -5.00. The first-order chi connectivity index (χ1) is 2.00. The maximum absolute atomic E-state index is 7.38. The normalized spacial score (nSPS) is 8.57. The number of hydrogen-bond acceptors (Lipinski definition) is 4. The van der Waals surface area contributed by atoms with Crippen molar-refractivity contribution in [3.05, 3.63) is 0 Å². The molecule has 0 heterocycles. The summed E-state index contributed by atoms with van der Waals surface area (Å²) < 4.78 is 29.5. The van der Waals surface area contributed by atoms with E-state index in [-0.39, 0.29) is 59.1 Å². The van der Waals surface area contributed by atoms with Crippen LogP contribution in [-0.4, -0.2) is 73.9 Å². The summed E-state index contributed by atoms with van der Waals surface area (Å²) in [5.74, 6) is 0. The molecule has 0 bridgehead atoms. The van der Waals surface area contributed by atoms with E-state index in [0.29, 0.717) is 0 Å². The van der Waals surface area contributed by atoms with Gasteiger partial charge in [0.05, 0.1) is 0 Å². The van der Waals surface area contributed by atoms with Gasteiger partial charge in [-0.25, -0.2) is 0 Å². The molecule has 36 valence electrons. The summed E-state index contributed by atoms with van der Waals surface area (Å²) in [7, 11) is 0. The van der Waals surface area contributed by atoms with Crippen LogP contribution in [0.3, 0.4) is 0 Å². The van der Waals surface area contributed by atoms with Crippen molar-refractivity contribution in [1.82, 2.24) is 0 Å². The first-order valence-corrected chi connectivity index (χ1v) is 3.69. The van der Waals surface area contributed by atoms with E-state index in [1.54, 1.807) is 0 Å². The summed E-state index contributed by atoms with van der Waals surface area (Å²) in [6, 6.07) is 0. The van der Waals surface area contributed by atoms with E-state index >= 15 is 0 Å². The van der Waals surface area contributed by atoms with Crippen LogP contribution in [0.25, 0.3) is 0 Å². The molecule has 0 amide bonds. The van der Waals surface area contributed by atoms with Gasteiger partial charge < -0.3 is 0 Å². The predicted octanol–water partition coefficient (Wildman–Crippen LogP) is -3.53. The standard InChI is InChI=1S/2Na.4H2O.Ti.2H/h;;4*1H2;;;/q;;;;;;+4;;/p-4. The molecule has 0 unspecified atom stereocenters. The summed E-state index contributed by atoms with van der Waals surface area (Å²) in [6.45, 7) is 0. The Kier molecular flexibility index (Phi) is 15.5. The Morgan fingerprint density at radius 1 is 0.714 bits per heavy atom. The summed E-state index contributed by atoms with van der Waals surface area (Å²) >= 11 is -5.00.